The topological polar surface area (TPSA) is 26.3 Å². The second-order valence-corrected chi connectivity index (χ2v) is 6.21. The number of rotatable bonds is 6. The van der Waals surface area contributed by atoms with Gasteiger partial charge >= 0.3 is 0 Å². The van der Waals surface area contributed by atoms with E-state index in [-0.39, 0.29) is 11.5 Å². The van der Waals surface area contributed by atoms with Crippen molar-refractivity contribution in [3.05, 3.63) is 35.9 Å². The minimum atomic E-state index is -0.203. The van der Waals surface area contributed by atoms with Gasteiger partial charge in [0.25, 0.3) is 0 Å². The molecule has 2 heteroatoms. The Morgan fingerprint density at radius 3 is 2.75 bits per heavy atom. The molecule has 1 fully saturated rings. The molecule has 0 radical (unpaired) electrons. The van der Waals surface area contributed by atoms with Crippen molar-refractivity contribution in [1.29, 1.82) is 0 Å². The van der Waals surface area contributed by atoms with Crippen LogP contribution in [-0.2, 0) is 16.1 Å². The molecular formula is C18H26O2. The van der Waals surface area contributed by atoms with Crippen molar-refractivity contribution in [2.45, 2.75) is 65.1 Å². The molecule has 0 saturated heterocycles. The minimum Gasteiger partial charge on any atom is -0.366 e. The Hall–Kier alpha value is -1.15. The largest absolute Gasteiger partial charge is 0.366 e. The van der Waals surface area contributed by atoms with Crippen LogP contribution in [0.4, 0.5) is 0 Å². The summed E-state index contributed by atoms with van der Waals surface area (Å²) in [7, 11) is 0. The summed E-state index contributed by atoms with van der Waals surface area (Å²) in [5, 5.41) is 0. The van der Waals surface area contributed by atoms with Crippen molar-refractivity contribution in [1.82, 2.24) is 0 Å². The predicted molar refractivity (Wildman–Crippen MR) is 81.5 cm³/mol. The van der Waals surface area contributed by atoms with Crippen molar-refractivity contribution in [3.8, 4) is 0 Å². The molecule has 0 unspecified atom stereocenters. The smallest absolute Gasteiger partial charge is 0.167 e. The van der Waals surface area contributed by atoms with Gasteiger partial charge in [0.05, 0.1) is 6.61 Å². The summed E-state index contributed by atoms with van der Waals surface area (Å²) in [6, 6.07) is 10.1. The van der Waals surface area contributed by atoms with Crippen LogP contribution in [0.5, 0.6) is 0 Å². The van der Waals surface area contributed by atoms with Crippen LogP contribution in [-0.4, -0.2) is 11.9 Å². The van der Waals surface area contributed by atoms with E-state index in [0.717, 1.165) is 44.1 Å². The van der Waals surface area contributed by atoms with Crippen LogP contribution in [0.25, 0.3) is 0 Å². The van der Waals surface area contributed by atoms with E-state index in [0.29, 0.717) is 12.4 Å². The molecule has 0 heterocycles. The summed E-state index contributed by atoms with van der Waals surface area (Å²) in [6.45, 7) is 4.85. The van der Waals surface area contributed by atoms with E-state index in [9.17, 15) is 4.79 Å². The second kappa shape index (κ2) is 7.03. The van der Waals surface area contributed by atoms with Crippen LogP contribution in [0.3, 0.4) is 0 Å². The maximum absolute atomic E-state index is 12.6. The lowest BCUT2D eigenvalue weighted by Gasteiger charge is -2.36. The zero-order chi connectivity index (χ0) is 14.4. The first-order valence-electron chi connectivity index (χ1n) is 7.85. The molecule has 1 aromatic carbocycles. The standard InChI is InChI=1S/C18H26O2/c1-3-4-12-18(2)13-8-11-16(17(18)19)20-14-15-9-6-5-7-10-15/h5-7,9-10,16H,3-4,8,11-14H2,1-2H3/t16-,18-/m1/s1. The highest BCUT2D eigenvalue weighted by Crippen LogP contribution is 2.38. The van der Waals surface area contributed by atoms with Crippen molar-refractivity contribution in [2.75, 3.05) is 0 Å². The lowest BCUT2D eigenvalue weighted by Crippen LogP contribution is -2.42. The molecule has 0 spiro atoms. The molecule has 1 aromatic rings. The van der Waals surface area contributed by atoms with Gasteiger partial charge in [-0.15, -0.1) is 0 Å². The minimum absolute atomic E-state index is 0.157. The number of carbonyl (C=O) groups is 1. The van der Waals surface area contributed by atoms with Gasteiger partial charge in [0.2, 0.25) is 0 Å². The number of hydrogen-bond acceptors (Lipinski definition) is 2. The average Bonchev–Trinajstić information content (AvgIpc) is 2.48. The summed E-state index contributed by atoms with van der Waals surface area (Å²) >= 11 is 0. The number of ketones is 1. The van der Waals surface area contributed by atoms with Crippen LogP contribution in [0.15, 0.2) is 30.3 Å². The Morgan fingerprint density at radius 1 is 1.30 bits per heavy atom. The molecule has 1 aliphatic carbocycles. The molecule has 2 nitrogen and oxygen atoms in total. The molecule has 0 bridgehead atoms. The molecule has 0 amide bonds. The van der Waals surface area contributed by atoms with Crippen LogP contribution >= 0.6 is 0 Å². The Labute approximate surface area is 122 Å². The Bertz CT molecular complexity index is 426. The maximum Gasteiger partial charge on any atom is 0.167 e. The lowest BCUT2D eigenvalue weighted by molar-refractivity contribution is -0.146. The molecule has 20 heavy (non-hydrogen) atoms. The van der Waals surface area contributed by atoms with Gasteiger partial charge in [-0.3, -0.25) is 4.79 Å². The van der Waals surface area contributed by atoms with Gasteiger partial charge in [0, 0.05) is 5.41 Å². The van der Waals surface area contributed by atoms with E-state index >= 15 is 0 Å². The fraction of sp³-hybridized carbons (Fsp3) is 0.611. The van der Waals surface area contributed by atoms with Crippen LogP contribution < -0.4 is 0 Å². The number of Topliss-reactive ketones (excluding diaryl/α,β-unsaturated/α-hetero) is 1. The first kappa shape index (κ1) is 15.2. The van der Waals surface area contributed by atoms with Crippen molar-refractivity contribution in [2.24, 2.45) is 5.41 Å². The summed E-state index contributed by atoms with van der Waals surface area (Å²) in [5.74, 6) is 0.327. The molecule has 1 saturated carbocycles. The van der Waals surface area contributed by atoms with E-state index in [1.807, 2.05) is 30.3 Å². The SMILES string of the molecule is CCCC[C@]1(C)CCC[C@@H](OCc2ccccc2)C1=O. The van der Waals surface area contributed by atoms with Gasteiger partial charge in [0.15, 0.2) is 5.78 Å². The van der Waals surface area contributed by atoms with E-state index in [1.165, 1.54) is 0 Å². The van der Waals surface area contributed by atoms with Gasteiger partial charge in [-0.2, -0.15) is 0 Å². The Morgan fingerprint density at radius 2 is 2.05 bits per heavy atom. The van der Waals surface area contributed by atoms with Gasteiger partial charge in [-0.1, -0.05) is 57.0 Å². The molecule has 2 atom stereocenters. The zero-order valence-electron chi connectivity index (χ0n) is 12.7. The molecule has 0 aromatic heterocycles. The number of ether oxygens (including phenoxy) is 1. The highest BCUT2D eigenvalue weighted by molar-refractivity contribution is 5.89. The van der Waals surface area contributed by atoms with E-state index in [2.05, 4.69) is 13.8 Å². The Kier molecular flexibility index (Phi) is 5.36. The number of unbranched alkanes of at least 4 members (excludes halogenated alkanes) is 1. The van der Waals surface area contributed by atoms with Crippen LogP contribution in [0.2, 0.25) is 0 Å². The highest BCUT2D eigenvalue weighted by Gasteiger charge is 2.40. The fourth-order valence-corrected chi connectivity index (χ4v) is 3.07. The second-order valence-electron chi connectivity index (χ2n) is 6.21. The first-order chi connectivity index (χ1) is 9.65. The van der Waals surface area contributed by atoms with E-state index < -0.39 is 0 Å². The van der Waals surface area contributed by atoms with Crippen LogP contribution in [0, 0.1) is 5.41 Å². The summed E-state index contributed by atoms with van der Waals surface area (Å²) in [5.41, 5.74) is 0.983. The van der Waals surface area contributed by atoms with Gasteiger partial charge in [0.1, 0.15) is 6.10 Å². The van der Waals surface area contributed by atoms with Crippen LogP contribution in [0.1, 0.15) is 57.9 Å². The van der Waals surface area contributed by atoms with Gasteiger partial charge < -0.3 is 4.74 Å². The first-order valence-corrected chi connectivity index (χ1v) is 7.85. The number of benzene rings is 1. The Balaban J connectivity index is 1.93. The molecule has 110 valence electrons. The van der Waals surface area contributed by atoms with Gasteiger partial charge in [-0.25, -0.2) is 0 Å². The van der Waals surface area contributed by atoms with E-state index in [4.69, 9.17) is 4.74 Å². The highest BCUT2D eigenvalue weighted by atomic mass is 16.5. The van der Waals surface area contributed by atoms with E-state index in [1.54, 1.807) is 0 Å². The molecule has 0 N–H and O–H groups in total. The monoisotopic (exact) mass is 274 g/mol. The summed E-state index contributed by atoms with van der Waals surface area (Å²) in [6.07, 6.45) is 6.10. The third-order valence-electron chi connectivity index (χ3n) is 4.46. The zero-order valence-corrected chi connectivity index (χ0v) is 12.7. The number of hydrogen-bond donors (Lipinski definition) is 0. The average molecular weight is 274 g/mol. The third kappa shape index (κ3) is 3.69. The summed E-state index contributed by atoms with van der Waals surface area (Å²) < 4.78 is 5.91. The fourth-order valence-electron chi connectivity index (χ4n) is 3.07. The molecular weight excluding hydrogens is 248 g/mol. The lowest BCUT2D eigenvalue weighted by atomic mass is 9.70. The van der Waals surface area contributed by atoms with Crippen molar-refractivity contribution >= 4 is 5.78 Å². The van der Waals surface area contributed by atoms with Crippen molar-refractivity contribution < 1.29 is 9.53 Å². The predicted octanol–water partition coefficient (Wildman–Crippen LogP) is 4.52. The van der Waals surface area contributed by atoms with Crippen molar-refractivity contribution in [3.63, 3.8) is 0 Å². The summed E-state index contributed by atoms with van der Waals surface area (Å²) in [4.78, 5) is 12.6. The third-order valence-corrected chi connectivity index (χ3v) is 4.46. The molecule has 2 rings (SSSR count). The normalized spacial score (nSPS) is 26.7. The van der Waals surface area contributed by atoms with Gasteiger partial charge in [-0.05, 0) is 31.2 Å². The number of carbonyl (C=O) groups excluding carboxylic acids is 1. The molecule has 1 aliphatic rings. The maximum atomic E-state index is 12.6. The molecule has 0 aliphatic heterocycles. The quantitative estimate of drug-likeness (QED) is 0.762.